The Labute approximate surface area is 233 Å². The average molecular weight is 543 g/mol. The van der Waals surface area contributed by atoms with Crippen LogP contribution in [-0.2, 0) is 16.1 Å². The van der Waals surface area contributed by atoms with Gasteiger partial charge in [-0.05, 0) is 79.7 Å². The van der Waals surface area contributed by atoms with Crippen molar-refractivity contribution in [3.05, 3.63) is 89.6 Å². The molecule has 4 rings (SSSR count). The van der Waals surface area contributed by atoms with Gasteiger partial charge in [0.25, 0.3) is 0 Å². The lowest BCUT2D eigenvalue weighted by molar-refractivity contribution is -0.122. The number of nitrogen functional groups attached to an aromatic ring is 1. The van der Waals surface area contributed by atoms with Crippen LogP contribution in [-0.4, -0.2) is 36.7 Å². The summed E-state index contributed by atoms with van der Waals surface area (Å²) in [6.07, 6.45) is 1.60. The van der Waals surface area contributed by atoms with Crippen LogP contribution in [0.4, 0.5) is 11.5 Å². The number of benzene rings is 3. The van der Waals surface area contributed by atoms with E-state index in [1.54, 1.807) is 30.5 Å². The second-order valence-electron chi connectivity index (χ2n) is 9.38. The fourth-order valence-electron chi connectivity index (χ4n) is 4.35. The number of nitrogens with one attached hydrogen (secondary N) is 2. The second kappa shape index (κ2) is 12.8. The number of hydrogen-bond acceptors (Lipinski definition) is 8. The Morgan fingerprint density at radius 3 is 2.55 bits per heavy atom. The predicted octanol–water partition coefficient (Wildman–Crippen LogP) is 5.26. The number of amides is 1. The van der Waals surface area contributed by atoms with Gasteiger partial charge in [-0.1, -0.05) is 24.3 Å². The van der Waals surface area contributed by atoms with E-state index in [0.717, 1.165) is 10.8 Å². The van der Waals surface area contributed by atoms with Crippen LogP contribution in [0.15, 0.2) is 72.9 Å². The molecule has 3 aromatic carbocycles. The van der Waals surface area contributed by atoms with Crippen LogP contribution in [0, 0.1) is 0 Å². The molecule has 1 unspecified atom stereocenters. The van der Waals surface area contributed by atoms with Crippen molar-refractivity contribution in [3.8, 4) is 11.5 Å². The summed E-state index contributed by atoms with van der Waals surface area (Å²) in [6.45, 7) is 6.34. The highest BCUT2D eigenvalue weighted by molar-refractivity contribution is 5.94. The highest BCUT2D eigenvalue weighted by Gasteiger charge is 2.24. The quantitative estimate of drug-likeness (QED) is 0.219. The first-order valence-corrected chi connectivity index (χ1v) is 13.1. The number of nitrogens with two attached hydrogens (primary N) is 1. The van der Waals surface area contributed by atoms with Crippen molar-refractivity contribution < 1.29 is 23.8 Å². The first-order chi connectivity index (χ1) is 19.3. The van der Waals surface area contributed by atoms with Crippen LogP contribution < -0.4 is 25.8 Å². The minimum Gasteiger partial charge on any atom is -0.490 e. The molecule has 1 heterocycles. The summed E-state index contributed by atoms with van der Waals surface area (Å²) in [6, 6.07) is 19.2. The van der Waals surface area contributed by atoms with Gasteiger partial charge in [0, 0.05) is 23.8 Å². The molecule has 0 aliphatic rings. The van der Waals surface area contributed by atoms with Gasteiger partial charge in [0.15, 0.2) is 11.5 Å². The number of rotatable bonds is 11. The third kappa shape index (κ3) is 6.61. The Hall–Kier alpha value is -4.79. The Bertz CT molecular complexity index is 1500. The Morgan fingerprint density at radius 2 is 1.80 bits per heavy atom. The van der Waals surface area contributed by atoms with E-state index in [4.69, 9.17) is 19.9 Å². The summed E-state index contributed by atoms with van der Waals surface area (Å²) in [5.41, 5.74) is 8.45. The van der Waals surface area contributed by atoms with Crippen LogP contribution in [0.3, 0.4) is 0 Å². The molecule has 0 saturated heterocycles. The largest absolute Gasteiger partial charge is 0.490 e. The number of methoxy groups -OCH3 is 1. The third-order valence-electron chi connectivity index (χ3n) is 6.21. The van der Waals surface area contributed by atoms with E-state index < -0.39 is 12.0 Å². The van der Waals surface area contributed by atoms with Gasteiger partial charge in [-0.25, -0.2) is 9.78 Å². The van der Waals surface area contributed by atoms with Crippen molar-refractivity contribution >= 4 is 34.2 Å². The molecule has 0 aliphatic carbocycles. The number of aromatic nitrogens is 1. The van der Waals surface area contributed by atoms with Crippen molar-refractivity contribution in [1.82, 2.24) is 10.3 Å². The number of anilines is 2. The number of pyridine rings is 1. The first kappa shape index (κ1) is 28.2. The van der Waals surface area contributed by atoms with Crippen LogP contribution in [0.2, 0.25) is 0 Å². The average Bonchev–Trinajstić information content (AvgIpc) is 2.95. The van der Waals surface area contributed by atoms with Crippen LogP contribution in [0.25, 0.3) is 10.8 Å². The van der Waals surface area contributed by atoms with Gasteiger partial charge in [0.2, 0.25) is 5.91 Å². The van der Waals surface area contributed by atoms with Crippen molar-refractivity contribution in [1.29, 1.82) is 0 Å². The number of carbonyl (C=O) groups is 2. The number of ether oxygens (including phenoxy) is 3. The summed E-state index contributed by atoms with van der Waals surface area (Å²) in [4.78, 5) is 30.1. The molecule has 0 spiro atoms. The lowest BCUT2D eigenvalue weighted by Crippen LogP contribution is -2.33. The molecule has 1 atom stereocenters. The topological polar surface area (TPSA) is 125 Å². The molecule has 0 bridgehead atoms. The Kier molecular flexibility index (Phi) is 9.06. The first-order valence-electron chi connectivity index (χ1n) is 13.1. The maximum atomic E-state index is 13.7. The lowest BCUT2D eigenvalue weighted by Gasteiger charge is -2.22. The van der Waals surface area contributed by atoms with Gasteiger partial charge in [0.05, 0.1) is 25.4 Å². The summed E-state index contributed by atoms with van der Waals surface area (Å²) < 4.78 is 16.7. The highest BCUT2D eigenvalue weighted by atomic mass is 16.5. The van der Waals surface area contributed by atoms with Gasteiger partial charge in [0.1, 0.15) is 11.9 Å². The van der Waals surface area contributed by atoms with Crippen molar-refractivity contribution in [2.24, 2.45) is 0 Å². The monoisotopic (exact) mass is 542 g/mol. The molecule has 0 radical (unpaired) electrons. The Morgan fingerprint density at radius 1 is 1.00 bits per heavy atom. The SMILES string of the molecule is CCOc1cc(C(Nc2ccc3c(N)nccc3c2)C(=O)NCc2ccccc2C(=O)OC)ccc1OC(C)C. The summed E-state index contributed by atoms with van der Waals surface area (Å²) in [5, 5.41) is 8.04. The molecule has 208 valence electrons. The fraction of sp³-hybridized carbons (Fsp3) is 0.258. The highest BCUT2D eigenvalue weighted by Crippen LogP contribution is 2.33. The zero-order chi connectivity index (χ0) is 28.6. The molecule has 1 amide bonds. The minimum absolute atomic E-state index is 0.0447. The fourth-order valence-corrected chi connectivity index (χ4v) is 4.35. The molecular weight excluding hydrogens is 508 g/mol. The van der Waals surface area contributed by atoms with Gasteiger partial charge < -0.3 is 30.6 Å². The van der Waals surface area contributed by atoms with Gasteiger partial charge >= 0.3 is 5.97 Å². The van der Waals surface area contributed by atoms with Crippen molar-refractivity contribution in [2.45, 2.75) is 39.5 Å². The normalized spacial score (nSPS) is 11.6. The molecule has 0 aliphatic heterocycles. The molecule has 0 fully saturated rings. The van der Waals surface area contributed by atoms with E-state index in [1.807, 2.05) is 63.2 Å². The predicted molar refractivity (Wildman–Crippen MR) is 156 cm³/mol. The van der Waals surface area contributed by atoms with Crippen LogP contribution in [0.1, 0.15) is 48.3 Å². The number of fused-ring (bicyclic) bond motifs is 1. The van der Waals surface area contributed by atoms with Gasteiger partial charge in [-0.3, -0.25) is 4.79 Å². The van der Waals surface area contributed by atoms with Gasteiger partial charge in [-0.15, -0.1) is 0 Å². The van der Waals surface area contributed by atoms with E-state index in [9.17, 15) is 9.59 Å². The molecule has 4 N–H and O–H groups in total. The number of hydrogen-bond donors (Lipinski definition) is 3. The third-order valence-corrected chi connectivity index (χ3v) is 6.21. The van der Waals surface area contributed by atoms with E-state index in [0.29, 0.717) is 46.3 Å². The van der Waals surface area contributed by atoms with Gasteiger partial charge in [-0.2, -0.15) is 0 Å². The van der Waals surface area contributed by atoms with E-state index in [-0.39, 0.29) is 18.6 Å². The maximum Gasteiger partial charge on any atom is 0.338 e. The maximum absolute atomic E-state index is 13.7. The molecule has 9 nitrogen and oxygen atoms in total. The standard InChI is InChI=1S/C31H34N4O5/c1-5-39-27-17-21(10-13-26(27)40-19(2)3)28(35-23-11-12-24-20(16-23)14-15-33-29(24)32)30(36)34-18-22-8-6-7-9-25(22)31(37)38-4/h6-17,19,28,35H,5,18H2,1-4H3,(H2,32,33)(H,34,36). The van der Waals surface area contributed by atoms with E-state index in [1.165, 1.54) is 7.11 Å². The second-order valence-corrected chi connectivity index (χ2v) is 9.38. The zero-order valence-electron chi connectivity index (χ0n) is 23.1. The molecule has 4 aromatic rings. The summed E-state index contributed by atoms with van der Waals surface area (Å²) in [5.74, 6) is 0.812. The number of nitrogens with zero attached hydrogens (tertiary/aromatic N) is 1. The molecule has 9 heteroatoms. The summed E-state index contributed by atoms with van der Waals surface area (Å²) in [7, 11) is 1.33. The van der Waals surface area contributed by atoms with Crippen LogP contribution in [0.5, 0.6) is 11.5 Å². The molecule has 1 aromatic heterocycles. The van der Waals surface area contributed by atoms with Crippen molar-refractivity contribution in [3.63, 3.8) is 0 Å². The van der Waals surface area contributed by atoms with Crippen molar-refractivity contribution in [2.75, 3.05) is 24.8 Å². The minimum atomic E-state index is -0.797. The molecule has 40 heavy (non-hydrogen) atoms. The molecular formula is C31H34N4O5. The number of carbonyl (C=O) groups excluding carboxylic acids is 2. The van der Waals surface area contributed by atoms with E-state index in [2.05, 4.69) is 15.6 Å². The van der Waals surface area contributed by atoms with Crippen LogP contribution >= 0.6 is 0 Å². The summed E-state index contributed by atoms with van der Waals surface area (Å²) >= 11 is 0. The Balaban J connectivity index is 1.68. The number of esters is 1. The van der Waals surface area contributed by atoms with E-state index >= 15 is 0 Å². The smallest absolute Gasteiger partial charge is 0.338 e. The zero-order valence-corrected chi connectivity index (χ0v) is 23.1. The molecule has 0 saturated carbocycles. The lowest BCUT2D eigenvalue weighted by atomic mass is 10.0.